The molecule has 1 aromatic heterocycles. The smallest absolute Gasteiger partial charge is 0.244 e. The van der Waals surface area contributed by atoms with Gasteiger partial charge in [0.05, 0.1) is 11.0 Å². The molecule has 5 heteroatoms. The predicted molar refractivity (Wildman–Crippen MR) is 118 cm³/mol. The first-order valence-electron chi connectivity index (χ1n) is 9.71. The topological polar surface area (TPSA) is 59.0 Å². The first kappa shape index (κ1) is 18.7. The number of imidazole rings is 1. The number of hydrogen-bond donors (Lipinski definition) is 2. The van der Waals surface area contributed by atoms with Gasteiger partial charge in [-0.2, -0.15) is 0 Å². The molecule has 2 N–H and O–H groups in total. The van der Waals surface area contributed by atoms with Crippen molar-refractivity contribution in [2.75, 3.05) is 10.6 Å². The Morgan fingerprint density at radius 3 is 2.34 bits per heavy atom. The number of fused-ring (bicyclic) bond motifs is 1. The summed E-state index contributed by atoms with van der Waals surface area (Å²) >= 11 is 0. The molecular weight excluding hydrogens is 360 g/mol. The van der Waals surface area contributed by atoms with E-state index in [4.69, 9.17) is 4.98 Å². The fourth-order valence-corrected chi connectivity index (χ4v) is 3.48. The van der Waals surface area contributed by atoms with E-state index < -0.39 is 0 Å². The van der Waals surface area contributed by atoms with Crippen LogP contribution < -0.4 is 10.6 Å². The van der Waals surface area contributed by atoms with Crippen LogP contribution in [0.5, 0.6) is 0 Å². The Hall–Kier alpha value is -3.60. The fourth-order valence-electron chi connectivity index (χ4n) is 3.48. The van der Waals surface area contributed by atoms with E-state index in [0.29, 0.717) is 12.5 Å². The lowest BCUT2D eigenvalue weighted by molar-refractivity contribution is -0.116. The average molecular weight is 384 g/mol. The van der Waals surface area contributed by atoms with Crippen LogP contribution in [0.15, 0.2) is 72.8 Å². The first-order valence-corrected chi connectivity index (χ1v) is 9.71. The van der Waals surface area contributed by atoms with Gasteiger partial charge in [0.2, 0.25) is 11.9 Å². The molecule has 1 heterocycles. The number of carbonyl (C=O) groups is 1. The zero-order valence-electron chi connectivity index (χ0n) is 16.6. The number of carbonyl (C=O) groups excluding carboxylic acids is 1. The highest BCUT2D eigenvalue weighted by molar-refractivity contribution is 5.93. The van der Waals surface area contributed by atoms with Crippen molar-refractivity contribution in [3.63, 3.8) is 0 Å². The van der Waals surface area contributed by atoms with Crippen LogP contribution in [-0.2, 0) is 17.9 Å². The molecule has 29 heavy (non-hydrogen) atoms. The Kier molecular flexibility index (Phi) is 5.29. The highest BCUT2D eigenvalue weighted by atomic mass is 16.2. The summed E-state index contributed by atoms with van der Waals surface area (Å²) in [5.41, 5.74) is 5.93. The second-order valence-electron chi connectivity index (χ2n) is 7.16. The molecule has 4 aromatic rings. The molecule has 0 atom stereocenters. The highest BCUT2D eigenvalue weighted by Crippen LogP contribution is 2.22. The lowest BCUT2D eigenvalue weighted by atomic mass is 10.1. The number of amides is 1. The maximum atomic E-state index is 12.9. The Bertz CT molecular complexity index is 1130. The summed E-state index contributed by atoms with van der Waals surface area (Å²) in [7, 11) is 0. The molecule has 0 saturated heterocycles. The predicted octanol–water partition coefficient (Wildman–Crippen LogP) is 4.90. The van der Waals surface area contributed by atoms with E-state index in [2.05, 4.69) is 22.8 Å². The van der Waals surface area contributed by atoms with Crippen molar-refractivity contribution in [1.29, 1.82) is 0 Å². The summed E-state index contributed by atoms with van der Waals surface area (Å²) in [6.45, 7) is 4.83. The number of para-hydroxylation sites is 3. The number of anilines is 2. The number of nitrogens with one attached hydrogen (secondary N) is 2. The molecule has 0 fully saturated rings. The lowest BCUT2D eigenvalue weighted by Crippen LogP contribution is -2.21. The third-order valence-corrected chi connectivity index (χ3v) is 5.00. The minimum atomic E-state index is -0.0756. The number of aryl methyl sites for hydroxylation is 2. The molecule has 5 nitrogen and oxygen atoms in total. The van der Waals surface area contributed by atoms with Gasteiger partial charge < -0.3 is 15.2 Å². The van der Waals surface area contributed by atoms with E-state index in [1.54, 1.807) is 0 Å². The standard InChI is InChI=1S/C24H24N4O/c1-17-9-8-10-18(2)23(17)27-22(29)16-28-21-14-7-6-13-20(21)26-24(28)25-15-19-11-4-3-5-12-19/h3-14H,15-16H2,1-2H3,(H,25,26)(H,27,29). The minimum absolute atomic E-state index is 0.0756. The van der Waals surface area contributed by atoms with Crippen LogP contribution in [0.4, 0.5) is 11.6 Å². The van der Waals surface area contributed by atoms with Gasteiger partial charge in [0.1, 0.15) is 6.54 Å². The monoisotopic (exact) mass is 384 g/mol. The number of nitrogens with zero attached hydrogens (tertiary/aromatic N) is 2. The van der Waals surface area contributed by atoms with Gasteiger partial charge >= 0.3 is 0 Å². The molecule has 146 valence electrons. The number of benzene rings is 3. The Morgan fingerprint density at radius 2 is 1.59 bits per heavy atom. The van der Waals surface area contributed by atoms with Gasteiger partial charge in [0.25, 0.3) is 0 Å². The van der Waals surface area contributed by atoms with Gasteiger partial charge in [-0.3, -0.25) is 4.79 Å². The van der Waals surface area contributed by atoms with Gasteiger partial charge in [0, 0.05) is 12.2 Å². The van der Waals surface area contributed by atoms with Crippen LogP contribution in [0.2, 0.25) is 0 Å². The van der Waals surface area contributed by atoms with Crippen molar-refractivity contribution < 1.29 is 4.79 Å². The molecule has 0 saturated carbocycles. The van der Waals surface area contributed by atoms with E-state index >= 15 is 0 Å². The molecule has 0 spiro atoms. The van der Waals surface area contributed by atoms with Crippen molar-refractivity contribution in [3.8, 4) is 0 Å². The quantitative estimate of drug-likeness (QED) is 0.497. The fraction of sp³-hybridized carbons (Fsp3) is 0.167. The Morgan fingerprint density at radius 1 is 0.897 bits per heavy atom. The maximum absolute atomic E-state index is 12.9. The summed E-state index contributed by atoms with van der Waals surface area (Å²) in [4.78, 5) is 17.6. The summed E-state index contributed by atoms with van der Waals surface area (Å²) < 4.78 is 1.93. The lowest BCUT2D eigenvalue weighted by Gasteiger charge is -2.14. The van der Waals surface area contributed by atoms with Gasteiger partial charge in [-0.15, -0.1) is 0 Å². The largest absolute Gasteiger partial charge is 0.352 e. The van der Waals surface area contributed by atoms with E-state index in [1.165, 1.54) is 0 Å². The molecule has 0 aliphatic heterocycles. The Labute approximate surface area is 170 Å². The molecule has 0 aliphatic rings. The molecule has 0 unspecified atom stereocenters. The van der Waals surface area contributed by atoms with E-state index in [0.717, 1.165) is 33.4 Å². The van der Waals surface area contributed by atoms with E-state index in [1.807, 2.05) is 79.1 Å². The van der Waals surface area contributed by atoms with Crippen molar-refractivity contribution in [2.45, 2.75) is 26.9 Å². The third kappa shape index (κ3) is 4.14. The molecule has 0 aliphatic carbocycles. The SMILES string of the molecule is Cc1cccc(C)c1NC(=O)Cn1c(NCc2ccccc2)nc2ccccc21. The van der Waals surface area contributed by atoms with Gasteiger partial charge in [0.15, 0.2) is 0 Å². The van der Waals surface area contributed by atoms with Crippen LogP contribution in [-0.4, -0.2) is 15.5 Å². The third-order valence-electron chi connectivity index (χ3n) is 5.00. The van der Waals surface area contributed by atoms with E-state index in [-0.39, 0.29) is 12.5 Å². The number of hydrogen-bond acceptors (Lipinski definition) is 3. The van der Waals surface area contributed by atoms with Gasteiger partial charge in [-0.25, -0.2) is 4.98 Å². The van der Waals surface area contributed by atoms with Crippen LogP contribution in [0.1, 0.15) is 16.7 Å². The summed E-state index contributed by atoms with van der Waals surface area (Å²) in [6.07, 6.45) is 0. The van der Waals surface area contributed by atoms with Crippen LogP contribution in [0, 0.1) is 13.8 Å². The molecule has 3 aromatic carbocycles. The van der Waals surface area contributed by atoms with Crippen molar-refractivity contribution in [1.82, 2.24) is 9.55 Å². The summed E-state index contributed by atoms with van der Waals surface area (Å²) in [5.74, 6) is 0.611. The van der Waals surface area contributed by atoms with Crippen molar-refractivity contribution >= 4 is 28.6 Å². The maximum Gasteiger partial charge on any atom is 0.244 e. The van der Waals surface area contributed by atoms with Gasteiger partial charge in [-0.05, 0) is 42.7 Å². The van der Waals surface area contributed by atoms with E-state index in [9.17, 15) is 4.79 Å². The second kappa shape index (κ2) is 8.19. The minimum Gasteiger partial charge on any atom is -0.352 e. The first-order chi connectivity index (χ1) is 14.1. The highest BCUT2D eigenvalue weighted by Gasteiger charge is 2.15. The molecule has 0 bridgehead atoms. The van der Waals surface area contributed by atoms with Crippen LogP contribution in [0.25, 0.3) is 11.0 Å². The molecular formula is C24H24N4O. The van der Waals surface area contributed by atoms with Crippen molar-refractivity contribution in [3.05, 3.63) is 89.5 Å². The second-order valence-corrected chi connectivity index (χ2v) is 7.16. The zero-order valence-corrected chi connectivity index (χ0v) is 16.6. The van der Waals surface area contributed by atoms with Crippen molar-refractivity contribution in [2.24, 2.45) is 0 Å². The number of rotatable bonds is 6. The van der Waals surface area contributed by atoms with Crippen LogP contribution in [0.3, 0.4) is 0 Å². The van der Waals surface area contributed by atoms with Crippen LogP contribution >= 0.6 is 0 Å². The Balaban J connectivity index is 1.59. The van der Waals surface area contributed by atoms with Gasteiger partial charge in [-0.1, -0.05) is 60.7 Å². The molecule has 1 amide bonds. The zero-order chi connectivity index (χ0) is 20.2. The summed E-state index contributed by atoms with van der Waals surface area (Å²) in [6, 6.07) is 24.0. The normalized spacial score (nSPS) is 10.8. The number of aromatic nitrogens is 2. The molecule has 0 radical (unpaired) electrons. The average Bonchev–Trinajstić information content (AvgIpc) is 3.07. The molecule has 4 rings (SSSR count). The summed E-state index contributed by atoms with van der Waals surface area (Å²) in [5, 5.41) is 6.45.